The molecule has 1 unspecified atom stereocenters. The maximum atomic E-state index is 11.4. The highest BCUT2D eigenvalue weighted by molar-refractivity contribution is 7.90. The molecule has 6 heteroatoms. The van der Waals surface area contributed by atoms with E-state index in [4.69, 9.17) is 11.6 Å². The first kappa shape index (κ1) is 11.2. The molecule has 1 rings (SSSR count). The van der Waals surface area contributed by atoms with Gasteiger partial charge in [0.25, 0.3) is 0 Å². The Morgan fingerprint density at radius 2 is 2.08 bits per heavy atom. The monoisotopic (exact) mass is 226 g/mol. The molecule has 0 radical (unpaired) electrons. The van der Waals surface area contributed by atoms with Gasteiger partial charge in [-0.1, -0.05) is 0 Å². The molecule has 0 saturated carbocycles. The summed E-state index contributed by atoms with van der Waals surface area (Å²) in [6.45, 7) is 4.00. The zero-order valence-electron chi connectivity index (χ0n) is 7.90. The summed E-state index contributed by atoms with van der Waals surface area (Å²) in [6, 6.07) is 0.0301. The molecule has 4 nitrogen and oxygen atoms in total. The molecule has 1 aliphatic rings. The van der Waals surface area contributed by atoms with Crippen LogP contribution in [0.15, 0.2) is 0 Å². The highest BCUT2D eigenvalue weighted by Gasteiger charge is 2.30. The van der Waals surface area contributed by atoms with Crippen molar-refractivity contribution in [2.24, 2.45) is 0 Å². The van der Waals surface area contributed by atoms with Crippen LogP contribution in [0.1, 0.15) is 6.92 Å². The van der Waals surface area contributed by atoms with Gasteiger partial charge in [-0.3, -0.25) is 0 Å². The fraction of sp³-hybridized carbons (Fsp3) is 1.00. The van der Waals surface area contributed by atoms with Crippen molar-refractivity contribution in [2.45, 2.75) is 13.0 Å². The van der Waals surface area contributed by atoms with Crippen LogP contribution in [0.5, 0.6) is 0 Å². The maximum Gasteiger partial charge on any atom is 0.228 e. The standard InChI is InChI=1S/C7H15ClN2O2S/c1-7-5-9(2)3-4-10(7)13(11,12)6-8/h7H,3-6H2,1-2H3. The van der Waals surface area contributed by atoms with Crippen LogP contribution in [0.4, 0.5) is 0 Å². The molecule has 0 amide bonds. The highest BCUT2D eigenvalue weighted by atomic mass is 35.5. The summed E-state index contributed by atoms with van der Waals surface area (Å²) in [6.07, 6.45) is 0. The zero-order chi connectivity index (χ0) is 10.1. The lowest BCUT2D eigenvalue weighted by Crippen LogP contribution is -2.52. The van der Waals surface area contributed by atoms with Crippen LogP contribution in [0, 0.1) is 0 Å². The Morgan fingerprint density at radius 3 is 2.54 bits per heavy atom. The fourth-order valence-electron chi connectivity index (χ4n) is 1.60. The van der Waals surface area contributed by atoms with Crippen molar-refractivity contribution < 1.29 is 8.42 Å². The van der Waals surface area contributed by atoms with E-state index in [1.165, 1.54) is 4.31 Å². The fourth-order valence-corrected chi connectivity index (χ4v) is 3.08. The second-order valence-corrected chi connectivity index (χ2v) is 5.95. The number of piperazine rings is 1. The molecule has 1 aliphatic heterocycles. The van der Waals surface area contributed by atoms with Crippen molar-refractivity contribution in [1.29, 1.82) is 0 Å². The van der Waals surface area contributed by atoms with Crippen LogP contribution in [0.25, 0.3) is 0 Å². The molecule has 1 heterocycles. The Balaban J connectivity index is 2.72. The van der Waals surface area contributed by atoms with Crippen molar-refractivity contribution in [3.05, 3.63) is 0 Å². The summed E-state index contributed by atoms with van der Waals surface area (Å²) >= 11 is 5.38. The Morgan fingerprint density at radius 1 is 1.46 bits per heavy atom. The Kier molecular flexibility index (Phi) is 3.57. The van der Waals surface area contributed by atoms with Crippen LogP contribution in [0.2, 0.25) is 0 Å². The van der Waals surface area contributed by atoms with Crippen LogP contribution >= 0.6 is 11.6 Å². The van der Waals surface area contributed by atoms with E-state index >= 15 is 0 Å². The molecule has 78 valence electrons. The minimum Gasteiger partial charge on any atom is -0.303 e. The quantitative estimate of drug-likeness (QED) is 0.630. The molecule has 0 aliphatic carbocycles. The average molecular weight is 227 g/mol. The third-order valence-electron chi connectivity index (χ3n) is 2.26. The van der Waals surface area contributed by atoms with E-state index in [0.717, 1.165) is 13.1 Å². The third kappa shape index (κ3) is 2.56. The van der Waals surface area contributed by atoms with Crippen molar-refractivity contribution in [3.63, 3.8) is 0 Å². The van der Waals surface area contributed by atoms with E-state index in [1.54, 1.807) is 0 Å². The molecular formula is C7H15ClN2O2S. The summed E-state index contributed by atoms with van der Waals surface area (Å²) < 4.78 is 24.4. The molecule has 0 aromatic heterocycles. The number of hydrogen-bond donors (Lipinski definition) is 0. The summed E-state index contributed by atoms with van der Waals surface area (Å²) in [5.74, 6) is 0. The summed E-state index contributed by atoms with van der Waals surface area (Å²) in [4.78, 5) is 2.12. The highest BCUT2D eigenvalue weighted by Crippen LogP contribution is 2.13. The molecule has 0 bridgehead atoms. The number of likely N-dealkylation sites (N-methyl/N-ethyl adjacent to an activating group) is 1. The first-order valence-electron chi connectivity index (χ1n) is 4.21. The number of alkyl halides is 1. The largest absolute Gasteiger partial charge is 0.303 e. The predicted octanol–water partition coefficient (Wildman–Crippen LogP) is 0.148. The molecule has 1 atom stereocenters. The topological polar surface area (TPSA) is 40.6 Å². The van der Waals surface area contributed by atoms with Gasteiger partial charge in [-0.15, -0.1) is 11.6 Å². The van der Waals surface area contributed by atoms with E-state index in [0.29, 0.717) is 6.54 Å². The van der Waals surface area contributed by atoms with E-state index in [9.17, 15) is 8.42 Å². The van der Waals surface area contributed by atoms with Crippen LogP contribution in [-0.4, -0.2) is 55.6 Å². The molecule has 1 fully saturated rings. The smallest absolute Gasteiger partial charge is 0.228 e. The molecular weight excluding hydrogens is 212 g/mol. The molecule has 0 aromatic carbocycles. The molecule has 0 aromatic rings. The van der Waals surface area contributed by atoms with Gasteiger partial charge >= 0.3 is 0 Å². The lowest BCUT2D eigenvalue weighted by atomic mass is 10.2. The first-order valence-corrected chi connectivity index (χ1v) is 6.36. The third-order valence-corrected chi connectivity index (χ3v) is 4.62. The molecule has 13 heavy (non-hydrogen) atoms. The van der Waals surface area contributed by atoms with Crippen molar-refractivity contribution in [2.75, 3.05) is 31.9 Å². The Labute approximate surface area is 84.5 Å². The van der Waals surface area contributed by atoms with Gasteiger partial charge in [-0.2, -0.15) is 4.31 Å². The van der Waals surface area contributed by atoms with Gasteiger partial charge in [0, 0.05) is 25.7 Å². The van der Waals surface area contributed by atoms with Crippen molar-refractivity contribution >= 4 is 21.6 Å². The van der Waals surface area contributed by atoms with Gasteiger partial charge < -0.3 is 4.90 Å². The van der Waals surface area contributed by atoms with Gasteiger partial charge in [0.15, 0.2) is 0 Å². The van der Waals surface area contributed by atoms with E-state index in [2.05, 4.69) is 4.90 Å². The number of nitrogens with zero attached hydrogens (tertiary/aromatic N) is 2. The first-order chi connectivity index (χ1) is 5.97. The van der Waals surface area contributed by atoms with Gasteiger partial charge in [0.2, 0.25) is 10.0 Å². The molecule has 1 saturated heterocycles. The maximum absolute atomic E-state index is 11.4. The van der Waals surface area contributed by atoms with Gasteiger partial charge in [0.05, 0.1) is 0 Å². The zero-order valence-corrected chi connectivity index (χ0v) is 9.48. The van der Waals surface area contributed by atoms with E-state index in [1.807, 2.05) is 14.0 Å². The van der Waals surface area contributed by atoms with Gasteiger partial charge in [0.1, 0.15) is 5.21 Å². The SMILES string of the molecule is CC1CN(C)CCN1S(=O)(=O)CCl. The van der Waals surface area contributed by atoms with E-state index < -0.39 is 10.0 Å². The lowest BCUT2D eigenvalue weighted by molar-refractivity contribution is 0.171. The van der Waals surface area contributed by atoms with Gasteiger partial charge in [-0.05, 0) is 14.0 Å². The summed E-state index contributed by atoms with van der Waals surface area (Å²) in [7, 11) is -1.23. The number of sulfonamides is 1. The minimum absolute atomic E-state index is 0.0301. The van der Waals surface area contributed by atoms with Crippen LogP contribution in [0.3, 0.4) is 0 Å². The molecule has 0 spiro atoms. The Bertz CT molecular complexity index is 268. The average Bonchev–Trinajstić information content (AvgIpc) is 2.03. The number of rotatable bonds is 2. The van der Waals surface area contributed by atoms with Gasteiger partial charge in [-0.25, -0.2) is 8.42 Å². The molecule has 0 N–H and O–H groups in total. The minimum atomic E-state index is -3.22. The summed E-state index contributed by atoms with van der Waals surface area (Å²) in [5, 5.41) is -0.318. The van der Waals surface area contributed by atoms with Crippen molar-refractivity contribution in [3.8, 4) is 0 Å². The normalized spacial score (nSPS) is 27.8. The number of halogens is 1. The lowest BCUT2D eigenvalue weighted by Gasteiger charge is -2.36. The van der Waals surface area contributed by atoms with Crippen LogP contribution in [-0.2, 0) is 10.0 Å². The van der Waals surface area contributed by atoms with Crippen LogP contribution < -0.4 is 0 Å². The second-order valence-electron chi connectivity index (χ2n) is 3.44. The predicted molar refractivity (Wildman–Crippen MR) is 53.3 cm³/mol. The number of hydrogen-bond acceptors (Lipinski definition) is 3. The van der Waals surface area contributed by atoms with E-state index in [-0.39, 0.29) is 11.3 Å². The Hall–Kier alpha value is 0.160. The summed E-state index contributed by atoms with van der Waals surface area (Å²) in [5.41, 5.74) is 0. The second kappa shape index (κ2) is 4.13. The van der Waals surface area contributed by atoms with Crippen molar-refractivity contribution in [1.82, 2.24) is 9.21 Å².